The number of aliphatic hydroxyl groups is 1. The zero-order valence-electron chi connectivity index (χ0n) is 11.0. The second-order valence-corrected chi connectivity index (χ2v) is 5.52. The maximum atomic E-state index is 11.3. The van der Waals surface area contributed by atoms with Gasteiger partial charge in [0, 0.05) is 23.3 Å². The van der Waals surface area contributed by atoms with E-state index in [0.29, 0.717) is 23.2 Å². The van der Waals surface area contributed by atoms with E-state index >= 15 is 0 Å². The van der Waals surface area contributed by atoms with Crippen molar-refractivity contribution in [3.8, 4) is 0 Å². The number of nitrogens with zero attached hydrogens (tertiary/aromatic N) is 1. The number of primary amides is 1. The van der Waals surface area contributed by atoms with Gasteiger partial charge in [-0.2, -0.15) is 0 Å². The van der Waals surface area contributed by atoms with Gasteiger partial charge in [-0.25, -0.2) is 0 Å². The number of halogens is 1. The molecule has 1 amide bonds. The van der Waals surface area contributed by atoms with Crippen LogP contribution in [0.1, 0.15) is 25.3 Å². The van der Waals surface area contributed by atoms with E-state index in [1.807, 2.05) is 18.2 Å². The molecule has 1 aliphatic rings. The van der Waals surface area contributed by atoms with Crippen LogP contribution in [0.3, 0.4) is 0 Å². The van der Waals surface area contributed by atoms with Gasteiger partial charge in [-0.15, -0.1) is 0 Å². The van der Waals surface area contributed by atoms with E-state index in [0.717, 1.165) is 18.5 Å². The average molecular weight is 283 g/mol. The molecule has 2 rings (SSSR count). The normalized spacial score (nSPS) is 23.4. The second kappa shape index (κ2) is 5.80. The minimum Gasteiger partial charge on any atom is -0.392 e. The number of hydrogen-bond donors (Lipinski definition) is 2. The first-order chi connectivity index (χ1) is 9.02. The Morgan fingerprint density at radius 2 is 2.26 bits per heavy atom. The van der Waals surface area contributed by atoms with Crippen molar-refractivity contribution in [2.24, 2.45) is 11.7 Å². The van der Waals surface area contributed by atoms with Crippen molar-refractivity contribution >= 4 is 23.2 Å². The number of amides is 1. The Bertz CT molecular complexity index is 479. The number of aliphatic hydroxyl groups excluding tert-OH is 1. The Morgan fingerprint density at radius 3 is 2.84 bits per heavy atom. The summed E-state index contributed by atoms with van der Waals surface area (Å²) in [4.78, 5) is 13.5. The van der Waals surface area contributed by atoms with Gasteiger partial charge >= 0.3 is 0 Å². The predicted octanol–water partition coefficient (Wildman–Crippen LogP) is 1.92. The highest BCUT2D eigenvalue weighted by atomic mass is 35.5. The lowest BCUT2D eigenvalue weighted by Gasteiger charge is -2.38. The van der Waals surface area contributed by atoms with Gasteiger partial charge in [0.05, 0.1) is 12.5 Å². The Kier molecular flexibility index (Phi) is 4.32. The van der Waals surface area contributed by atoms with Crippen molar-refractivity contribution in [3.05, 3.63) is 28.8 Å². The molecule has 0 radical (unpaired) electrons. The van der Waals surface area contributed by atoms with E-state index in [1.165, 1.54) is 0 Å². The van der Waals surface area contributed by atoms with Crippen LogP contribution in [-0.2, 0) is 11.4 Å². The van der Waals surface area contributed by atoms with E-state index in [-0.39, 0.29) is 18.4 Å². The lowest BCUT2D eigenvalue weighted by atomic mass is 9.92. The van der Waals surface area contributed by atoms with Crippen LogP contribution >= 0.6 is 11.6 Å². The number of hydrogen-bond acceptors (Lipinski definition) is 3. The van der Waals surface area contributed by atoms with Gasteiger partial charge in [0.25, 0.3) is 0 Å². The first-order valence-corrected chi connectivity index (χ1v) is 6.86. The molecule has 1 fully saturated rings. The maximum Gasteiger partial charge on any atom is 0.222 e. The third kappa shape index (κ3) is 3.01. The summed E-state index contributed by atoms with van der Waals surface area (Å²) in [6.45, 7) is 2.69. The molecule has 4 nitrogen and oxygen atoms in total. The molecule has 0 saturated carbocycles. The molecule has 1 aliphatic heterocycles. The highest BCUT2D eigenvalue weighted by Gasteiger charge is 2.28. The summed E-state index contributed by atoms with van der Waals surface area (Å²) in [5.74, 6) is -0.345. The number of benzene rings is 1. The van der Waals surface area contributed by atoms with Crippen molar-refractivity contribution in [1.29, 1.82) is 0 Å². The van der Waals surface area contributed by atoms with Crippen molar-refractivity contribution in [1.82, 2.24) is 0 Å². The van der Waals surface area contributed by atoms with Gasteiger partial charge in [-0.1, -0.05) is 17.7 Å². The number of carbonyl (C=O) groups is 1. The van der Waals surface area contributed by atoms with Crippen LogP contribution in [0.4, 0.5) is 5.69 Å². The standard InChI is InChI=1S/C14H19ClN2O2/c1-9-2-3-10(14(16)19)7-17(9)12-5-4-11(8-18)13(15)6-12/h4-6,9-10,18H,2-3,7-8H2,1H3,(H2,16,19). The topological polar surface area (TPSA) is 66.6 Å². The molecule has 1 saturated heterocycles. The van der Waals surface area contributed by atoms with Crippen LogP contribution in [-0.4, -0.2) is 23.6 Å². The lowest BCUT2D eigenvalue weighted by Crippen LogP contribution is -2.45. The smallest absolute Gasteiger partial charge is 0.222 e. The van der Waals surface area contributed by atoms with Gasteiger partial charge in [0.15, 0.2) is 0 Å². The van der Waals surface area contributed by atoms with Crippen LogP contribution in [0.5, 0.6) is 0 Å². The Hall–Kier alpha value is -1.26. The van der Waals surface area contributed by atoms with Gasteiger partial charge in [-0.05, 0) is 37.5 Å². The molecule has 3 N–H and O–H groups in total. The zero-order chi connectivity index (χ0) is 14.0. The molecule has 1 heterocycles. The van der Waals surface area contributed by atoms with Crippen LogP contribution in [0, 0.1) is 5.92 Å². The largest absolute Gasteiger partial charge is 0.392 e. The number of nitrogens with two attached hydrogens (primary N) is 1. The number of piperidine rings is 1. The third-order valence-electron chi connectivity index (χ3n) is 3.82. The zero-order valence-corrected chi connectivity index (χ0v) is 11.7. The first-order valence-electron chi connectivity index (χ1n) is 6.48. The van der Waals surface area contributed by atoms with Crippen molar-refractivity contribution in [2.45, 2.75) is 32.4 Å². The molecule has 1 aromatic rings. The fraction of sp³-hybridized carbons (Fsp3) is 0.500. The Morgan fingerprint density at radius 1 is 1.53 bits per heavy atom. The van der Waals surface area contributed by atoms with Crippen LogP contribution in [0.15, 0.2) is 18.2 Å². The van der Waals surface area contributed by atoms with Gasteiger partial charge < -0.3 is 15.7 Å². The number of carbonyl (C=O) groups excluding carboxylic acids is 1. The van der Waals surface area contributed by atoms with Crippen LogP contribution < -0.4 is 10.6 Å². The molecular formula is C14H19ClN2O2. The first kappa shape index (κ1) is 14.2. The van der Waals surface area contributed by atoms with E-state index in [2.05, 4.69) is 11.8 Å². The van der Waals surface area contributed by atoms with Crippen LogP contribution in [0.2, 0.25) is 5.02 Å². The quantitative estimate of drug-likeness (QED) is 0.890. The predicted molar refractivity (Wildman–Crippen MR) is 76.1 cm³/mol. The maximum absolute atomic E-state index is 11.3. The molecule has 2 atom stereocenters. The average Bonchev–Trinajstić information content (AvgIpc) is 2.38. The van der Waals surface area contributed by atoms with E-state index in [4.69, 9.17) is 22.4 Å². The van der Waals surface area contributed by atoms with Crippen molar-refractivity contribution in [3.63, 3.8) is 0 Å². The molecular weight excluding hydrogens is 264 g/mol. The van der Waals surface area contributed by atoms with Gasteiger partial charge in [0.1, 0.15) is 0 Å². The fourth-order valence-corrected chi connectivity index (χ4v) is 2.78. The number of rotatable bonds is 3. The molecule has 5 heteroatoms. The van der Waals surface area contributed by atoms with Crippen LogP contribution in [0.25, 0.3) is 0 Å². The lowest BCUT2D eigenvalue weighted by molar-refractivity contribution is -0.122. The molecule has 19 heavy (non-hydrogen) atoms. The monoisotopic (exact) mass is 282 g/mol. The molecule has 2 unspecified atom stereocenters. The highest BCUT2D eigenvalue weighted by Crippen LogP contribution is 2.30. The minimum absolute atomic E-state index is 0.0709. The minimum atomic E-state index is -0.241. The Balaban J connectivity index is 2.23. The summed E-state index contributed by atoms with van der Waals surface area (Å²) in [5.41, 5.74) is 7.09. The van der Waals surface area contributed by atoms with E-state index < -0.39 is 0 Å². The molecule has 104 valence electrons. The van der Waals surface area contributed by atoms with Crippen molar-refractivity contribution < 1.29 is 9.90 Å². The van der Waals surface area contributed by atoms with Gasteiger partial charge in [0.2, 0.25) is 5.91 Å². The summed E-state index contributed by atoms with van der Waals surface area (Å²) in [5, 5.41) is 9.68. The molecule has 0 aliphatic carbocycles. The molecule has 1 aromatic carbocycles. The second-order valence-electron chi connectivity index (χ2n) is 5.11. The van der Waals surface area contributed by atoms with E-state index in [9.17, 15) is 4.79 Å². The van der Waals surface area contributed by atoms with Crippen molar-refractivity contribution in [2.75, 3.05) is 11.4 Å². The van der Waals surface area contributed by atoms with Gasteiger partial charge in [-0.3, -0.25) is 4.79 Å². The molecule has 0 aromatic heterocycles. The molecule has 0 spiro atoms. The summed E-state index contributed by atoms with van der Waals surface area (Å²) in [6.07, 6.45) is 1.78. The fourth-order valence-electron chi connectivity index (χ4n) is 2.54. The summed E-state index contributed by atoms with van der Waals surface area (Å²) in [6, 6.07) is 5.94. The molecule has 0 bridgehead atoms. The van der Waals surface area contributed by atoms with E-state index in [1.54, 1.807) is 0 Å². The summed E-state index contributed by atoms with van der Waals surface area (Å²) < 4.78 is 0. The summed E-state index contributed by atoms with van der Waals surface area (Å²) >= 11 is 6.12. The number of anilines is 1. The SMILES string of the molecule is CC1CCC(C(N)=O)CN1c1ccc(CO)c(Cl)c1. The summed E-state index contributed by atoms with van der Waals surface area (Å²) in [7, 11) is 0. The third-order valence-corrected chi connectivity index (χ3v) is 4.17. The Labute approximate surface area is 118 Å². The highest BCUT2D eigenvalue weighted by molar-refractivity contribution is 6.31.